The minimum atomic E-state index is 1.08. The molecule has 0 atom stereocenters. The van der Waals surface area contributed by atoms with Gasteiger partial charge in [0, 0.05) is 17.1 Å². The molecule has 0 radical (unpaired) electrons. The second-order valence-corrected chi connectivity index (χ2v) is 5.22. The first kappa shape index (κ1) is 12.8. The maximum atomic E-state index is 3.44. The van der Waals surface area contributed by atoms with E-state index >= 15 is 0 Å². The molecule has 1 aromatic carbocycles. The predicted octanol–water partition coefficient (Wildman–Crippen LogP) is 3.96. The van der Waals surface area contributed by atoms with Crippen molar-refractivity contribution in [2.45, 2.75) is 17.7 Å². The molecule has 0 saturated heterocycles. The number of rotatable bonds is 7. The summed E-state index contributed by atoms with van der Waals surface area (Å²) in [4.78, 5) is 1.32. The Kier molecular flexibility index (Phi) is 6.77. The minimum absolute atomic E-state index is 1.08. The van der Waals surface area contributed by atoms with Gasteiger partial charge < -0.3 is 5.32 Å². The van der Waals surface area contributed by atoms with Crippen molar-refractivity contribution in [3.8, 4) is 0 Å². The highest BCUT2D eigenvalue weighted by molar-refractivity contribution is 7.98. The van der Waals surface area contributed by atoms with Crippen molar-refractivity contribution >= 4 is 29.2 Å². The molecule has 0 aliphatic heterocycles. The number of thioether (sulfide) groups is 2. The lowest BCUT2D eigenvalue weighted by atomic mass is 10.3. The molecule has 0 aliphatic carbocycles. The van der Waals surface area contributed by atoms with Crippen molar-refractivity contribution in [3.05, 3.63) is 24.3 Å². The zero-order chi connectivity index (χ0) is 10.9. The highest BCUT2D eigenvalue weighted by atomic mass is 32.2. The number of benzene rings is 1. The smallest absolute Gasteiger partial charge is 0.0340 e. The van der Waals surface area contributed by atoms with E-state index in [0.29, 0.717) is 0 Å². The van der Waals surface area contributed by atoms with Crippen LogP contribution in [0.5, 0.6) is 0 Å². The molecule has 1 rings (SSSR count). The first-order valence-electron chi connectivity index (χ1n) is 5.23. The third-order valence-electron chi connectivity index (χ3n) is 2.19. The van der Waals surface area contributed by atoms with Crippen molar-refractivity contribution in [2.75, 3.05) is 30.1 Å². The number of nitrogens with one attached hydrogen (secondary N) is 1. The van der Waals surface area contributed by atoms with E-state index < -0.39 is 0 Å². The molecule has 0 aromatic heterocycles. The van der Waals surface area contributed by atoms with Crippen LogP contribution in [0.25, 0.3) is 0 Å². The Morgan fingerprint density at radius 2 is 1.80 bits per heavy atom. The Balaban J connectivity index is 2.20. The summed E-state index contributed by atoms with van der Waals surface area (Å²) in [5.74, 6) is 1.27. The van der Waals surface area contributed by atoms with Crippen LogP contribution < -0.4 is 5.32 Å². The summed E-state index contributed by atoms with van der Waals surface area (Å²) < 4.78 is 0. The number of unbranched alkanes of at least 4 members (excludes halogenated alkanes) is 1. The molecule has 15 heavy (non-hydrogen) atoms. The highest BCUT2D eigenvalue weighted by Gasteiger charge is 1.92. The highest BCUT2D eigenvalue weighted by Crippen LogP contribution is 2.17. The van der Waals surface area contributed by atoms with Gasteiger partial charge in [0.15, 0.2) is 0 Å². The molecular formula is C12H19NS2. The van der Waals surface area contributed by atoms with E-state index in [1.165, 1.54) is 29.2 Å². The fourth-order valence-electron chi connectivity index (χ4n) is 1.31. The Morgan fingerprint density at radius 3 is 2.40 bits per heavy atom. The molecule has 0 fully saturated rings. The first-order valence-corrected chi connectivity index (χ1v) is 7.85. The van der Waals surface area contributed by atoms with Crippen LogP contribution in [0.4, 0.5) is 5.69 Å². The molecule has 0 heterocycles. The minimum Gasteiger partial charge on any atom is -0.385 e. The van der Waals surface area contributed by atoms with E-state index in [0.717, 1.165) is 6.54 Å². The second-order valence-electron chi connectivity index (χ2n) is 3.36. The van der Waals surface area contributed by atoms with Gasteiger partial charge >= 0.3 is 0 Å². The molecule has 0 amide bonds. The molecule has 0 saturated carbocycles. The van der Waals surface area contributed by atoms with Crippen LogP contribution in [0.3, 0.4) is 0 Å². The largest absolute Gasteiger partial charge is 0.385 e. The van der Waals surface area contributed by atoms with Crippen LogP contribution in [0.15, 0.2) is 29.2 Å². The molecule has 0 aliphatic rings. The number of hydrogen-bond donors (Lipinski definition) is 1. The van der Waals surface area contributed by atoms with Crippen LogP contribution in [0.2, 0.25) is 0 Å². The van der Waals surface area contributed by atoms with E-state index in [-0.39, 0.29) is 0 Å². The van der Waals surface area contributed by atoms with Crippen molar-refractivity contribution in [1.82, 2.24) is 0 Å². The zero-order valence-electron chi connectivity index (χ0n) is 9.45. The van der Waals surface area contributed by atoms with Gasteiger partial charge in [0.1, 0.15) is 0 Å². The van der Waals surface area contributed by atoms with Gasteiger partial charge in [-0.1, -0.05) is 0 Å². The lowest BCUT2D eigenvalue weighted by Gasteiger charge is -2.06. The monoisotopic (exact) mass is 241 g/mol. The standard InChI is InChI=1S/C12H19NS2/c1-14-10-4-3-9-13-11-5-7-12(15-2)8-6-11/h5-8,13H,3-4,9-10H2,1-2H3. The van der Waals surface area contributed by atoms with Gasteiger partial charge in [-0.25, -0.2) is 0 Å². The summed E-state index contributed by atoms with van der Waals surface area (Å²) in [5.41, 5.74) is 1.23. The average molecular weight is 241 g/mol. The Morgan fingerprint density at radius 1 is 1.07 bits per heavy atom. The van der Waals surface area contributed by atoms with Crippen molar-refractivity contribution in [2.24, 2.45) is 0 Å². The normalized spacial score (nSPS) is 10.3. The molecule has 1 N–H and O–H groups in total. The lowest BCUT2D eigenvalue weighted by Crippen LogP contribution is -2.01. The zero-order valence-corrected chi connectivity index (χ0v) is 11.1. The summed E-state index contributed by atoms with van der Waals surface area (Å²) in [7, 11) is 0. The molecule has 1 aromatic rings. The third kappa shape index (κ3) is 5.38. The van der Waals surface area contributed by atoms with Crippen molar-refractivity contribution in [1.29, 1.82) is 0 Å². The Bertz CT molecular complexity index is 259. The topological polar surface area (TPSA) is 12.0 Å². The van der Waals surface area contributed by atoms with Gasteiger partial charge in [-0.15, -0.1) is 11.8 Å². The van der Waals surface area contributed by atoms with Gasteiger partial charge in [0.2, 0.25) is 0 Å². The van der Waals surface area contributed by atoms with E-state index in [4.69, 9.17) is 0 Å². The van der Waals surface area contributed by atoms with Crippen LogP contribution in [-0.4, -0.2) is 24.8 Å². The lowest BCUT2D eigenvalue weighted by molar-refractivity contribution is 0.843. The van der Waals surface area contributed by atoms with Gasteiger partial charge in [-0.3, -0.25) is 0 Å². The van der Waals surface area contributed by atoms with Gasteiger partial charge in [-0.05, 0) is 55.4 Å². The summed E-state index contributed by atoms with van der Waals surface area (Å²) in [6, 6.07) is 8.63. The van der Waals surface area contributed by atoms with Crippen LogP contribution >= 0.6 is 23.5 Å². The molecule has 0 unspecified atom stereocenters. The summed E-state index contributed by atoms with van der Waals surface area (Å²) in [6.07, 6.45) is 6.82. The van der Waals surface area contributed by atoms with Gasteiger partial charge in [-0.2, -0.15) is 11.8 Å². The van der Waals surface area contributed by atoms with Gasteiger partial charge in [0.25, 0.3) is 0 Å². The Hall–Kier alpha value is -0.280. The molecule has 84 valence electrons. The molecule has 3 heteroatoms. The average Bonchev–Trinajstić information content (AvgIpc) is 2.30. The van der Waals surface area contributed by atoms with Crippen LogP contribution in [0.1, 0.15) is 12.8 Å². The SMILES string of the molecule is CSCCCCNc1ccc(SC)cc1. The van der Waals surface area contributed by atoms with Gasteiger partial charge in [0.05, 0.1) is 0 Å². The fraction of sp³-hybridized carbons (Fsp3) is 0.500. The number of anilines is 1. The number of hydrogen-bond acceptors (Lipinski definition) is 3. The van der Waals surface area contributed by atoms with Crippen molar-refractivity contribution < 1.29 is 0 Å². The molecule has 0 spiro atoms. The van der Waals surface area contributed by atoms with Crippen LogP contribution in [-0.2, 0) is 0 Å². The van der Waals surface area contributed by atoms with E-state index in [1.807, 2.05) is 11.8 Å². The van der Waals surface area contributed by atoms with Crippen LogP contribution in [0, 0.1) is 0 Å². The second kappa shape index (κ2) is 7.94. The molecule has 1 nitrogen and oxygen atoms in total. The summed E-state index contributed by atoms with van der Waals surface area (Å²) >= 11 is 3.70. The Labute approximate surface area is 101 Å². The predicted molar refractivity (Wildman–Crippen MR) is 74.3 cm³/mol. The van der Waals surface area contributed by atoms with E-state index in [9.17, 15) is 0 Å². The maximum Gasteiger partial charge on any atom is 0.0340 e. The maximum absolute atomic E-state index is 3.44. The quantitative estimate of drug-likeness (QED) is 0.573. The van der Waals surface area contributed by atoms with E-state index in [1.54, 1.807) is 11.8 Å². The molecular weight excluding hydrogens is 222 g/mol. The first-order chi connectivity index (χ1) is 7.36. The summed E-state index contributed by atoms with van der Waals surface area (Å²) in [6.45, 7) is 1.08. The fourth-order valence-corrected chi connectivity index (χ4v) is 2.21. The van der Waals surface area contributed by atoms with Crippen molar-refractivity contribution in [3.63, 3.8) is 0 Å². The van der Waals surface area contributed by atoms with E-state index in [2.05, 4.69) is 42.1 Å². The summed E-state index contributed by atoms with van der Waals surface area (Å²) in [5, 5.41) is 3.44. The third-order valence-corrected chi connectivity index (χ3v) is 3.63. The molecule has 0 bridgehead atoms.